The van der Waals surface area contributed by atoms with Crippen LogP contribution in [0.2, 0.25) is 0 Å². The van der Waals surface area contributed by atoms with Crippen molar-refractivity contribution in [3.8, 4) is 5.75 Å². The summed E-state index contributed by atoms with van der Waals surface area (Å²) in [5, 5.41) is 2.85. The van der Waals surface area contributed by atoms with Crippen LogP contribution in [0.25, 0.3) is 0 Å². The predicted octanol–water partition coefficient (Wildman–Crippen LogP) is 1.61. The molecule has 7 heteroatoms. The lowest BCUT2D eigenvalue weighted by molar-refractivity contribution is -0.129. The standard InChI is InChI=1S/C18H23FN2O4/c1-11(2)21-8-13(7-16(21)22)18(23)20-4-3-12-5-15(19)6-14-9-24-10-25-17(12)14/h5-6,11,13H,3-4,7-10H2,1-2H3,(H,20,23)/t13-/m0/s1. The third-order valence-corrected chi connectivity index (χ3v) is 4.60. The van der Waals surface area contributed by atoms with Gasteiger partial charge in [-0.1, -0.05) is 0 Å². The van der Waals surface area contributed by atoms with E-state index in [9.17, 15) is 14.0 Å². The molecule has 3 rings (SSSR count). The van der Waals surface area contributed by atoms with Crippen molar-refractivity contribution in [3.05, 3.63) is 29.1 Å². The number of benzene rings is 1. The van der Waals surface area contributed by atoms with E-state index in [2.05, 4.69) is 5.32 Å². The summed E-state index contributed by atoms with van der Waals surface area (Å²) >= 11 is 0. The van der Waals surface area contributed by atoms with Crippen molar-refractivity contribution < 1.29 is 23.5 Å². The number of rotatable bonds is 5. The lowest BCUT2D eigenvalue weighted by atomic mass is 10.0. The number of hydrogen-bond donors (Lipinski definition) is 1. The third kappa shape index (κ3) is 3.92. The van der Waals surface area contributed by atoms with Crippen LogP contribution in [0.3, 0.4) is 0 Å². The van der Waals surface area contributed by atoms with E-state index < -0.39 is 0 Å². The van der Waals surface area contributed by atoms with Crippen molar-refractivity contribution in [2.75, 3.05) is 19.9 Å². The van der Waals surface area contributed by atoms with Gasteiger partial charge in [-0.25, -0.2) is 4.39 Å². The molecular weight excluding hydrogens is 327 g/mol. The van der Waals surface area contributed by atoms with Gasteiger partial charge in [0.1, 0.15) is 11.6 Å². The zero-order valence-corrected chi connectivity index (χ0v) is 14.5. The first-order valence-corrected chi connectivity index (χ1v) is 8.54. The smallest absolute Gasteiger partial charge is 0.225 e. The van der Waals surface area contributed by atoms with Gasteiger partial charge in [-0.2, -0.15) is 0 Å². The van der Waals surface area contributed by atoms with Crippen LogP contribution in [0.5, 0.6) is 5.75 Å². The lowest BCUT2D eigenvalue weighted by Crippen LogP contribution is -2.36. The molecule has 0 aliphatic carbocycles. The van der Waals surface area contributed by atoms with Crippen LogP contribution in [0.1, 0.15) is 31.4 Å². The Hall–Kier alpha value is -2.15. The average Bonchev–Trinajstić information content (AvgIpc) is 2.96. The highest BCUT2D eigenvalue weighted by Gasteiger charge is 2.35. The molecular formula is C18H23FN2O4. The van der Waals surface area contributed by atoms with Gasteiger partial charge in [0.2, 0.25) is 11.8 Å². The number of carbonyl (C=O) groups excluding carboxylic acids is 2. The van der Waals surface area contributed by atoms with Gasteiger partial charge < -0.3 is 19.7 Å². The highest BCUT2D eigenvalue weighted by molar-refractivity contribution is 5.89. The van der Waals surface area contributed by atoms with Gasteiger partial charge in [-0.3, -0.25) is 9.59 Å². The fourth-order valence-corrected chi connectivity index (χ4v) is 3.31. The van der Waals surface area contributed by atoms with Gasteiger partial charge in [-0.05, 0) is 38.0 Å². The normalized spacial score (nSPS) is 19.8. The molecule has 6 nitrogen and oxygen atoms in total. The van der Waals surface area contributed by atoms with E-state index in [1.54, 1.807) is 4.90 Å². The Kier molecular flexibility index (Phi) is 5.22. The van der Waals surface area contributed by atoms with Crippen LogP contribution in [0, 0.1) is 11.7 Å². The molecule has 1 saturated heterocycles. The molecule has 2 heterocycles. The molecule has 0 saturated carbocycles. The molecule has 25 heavy (non-hydrogen) atoms. The van der Waals surface area contributed by atoms with Gasteiger partial charge in [0.15, 0.2) is 6.79 Å². The number of fused-ring (bicyclic) bond motifs is 1. The van der Waals surface area contributed by atoms with E-state index >= 15 is 0 Å². The summed E-state index contributed by atoms with van der Waals surface area (Å²) in [6.07, 6.45) is 0.709. The maximum Gasteiger partial charge on any atom is 0.225 e. The van der Waals surface area contributed by atoms with Crippen LogP contribution < -0.4 is 10.1 Å². The van der Waals surface area contributed by atoms with Crippen LogP contribution >= 0.6 is 0 Å². The quantitative estimate of drug-likeness (QED) is 0.876. The minimum Gasteiger partial charge on any atom is -0.467 e. The second-order valence-electron chi connectivity index (χ2n) is 6.75. The lowest BCUT2D eigenvalue weighted by Gasteiger charge is -2.21. The Labute approximate surface area is 146 Å². The van der Waals surface area contributed by atoms with E-state index in [4.69, 9.17) is 9.47 Å². The van der Waals surface area contributed by atoms with E-state index in [1.807, 2.05) is 13.8 Å². The monoisotopic (exact) mass is 350 g/mol. The molecule has 0 bridgehead atoms. The molecule has 0 unspecified atom stereocenters. The number of carbonyl (C=O) groups is 2. The molecule has 0 spiro atoms. The fourth-order valence-electron chi connectivity index (χ4n) is 3.31. The minimum atomic E-state index is -0.344. The average molecular weight is 350 g/mol. The van der Waals surface area contributed by atoms with Gasteiger partial charge in [0.05, 0.1) is 12.5 Å². The van der Waals surface area contributed by atoms with Crippen molar-refractivity contribution in [3.63, 3.8) is 0 Å². The molecule has 2 amide bonds. The molecule has 1 atom stereocenters. The second kappa shape index (κ2) is 7.39. The molecule has 1 aromatic rings. The SMILES string of the molecule is CC(C)N1C[C@@H](C(=O)NCCc2cc(F)cc3c2OCOC3)CC1=O. The number of nitrogens with zero attached hydrogens (tertiary/aromatic N) is 1. The summed E-state index contributed by atoms with van der Waals surface area (Å²) in [7, 11) is 0. The van der Waals surface area contributed by atoms with Crippen molar-refractivity contribution in [1.29, 1.82) is 0 Å². The first-order chi connectivity index (χ1) is 12.0. The maximum absolute atomic E-state index is 13.7. The number of halogens is 1. The molecule has 136 valence electrons. The van der Waals surface area contributed by atoms with Gasteiger partial charge in [-0.15, -0.1) is 0 Å². The highest BCUT2D eigenvalue weighted by Crippen LogP contribution is 2.29. The Balaban J connectivity index is 1.56. The first-order valence-electron chi connectivity index (χ1n) is 8.54. The second-order valence-corrected chi connectivity index (χ2v) is 6.75. The summed E-state index contributed by atoms with van der Waals surface area (Å²) in [5.41, 5.74) is 1.39. The van der Waals surface area contributed by atoms with Crippen molar-refractivity contribution >= 4 is 11.8 Å². The Morgan fingerprint density at radius 2 is 2.24 bits per heavy atom. The van der Waals surface area contributed by atoms with Crippen LogP contribution in [0.15, 0.2) is 12.1 Å². The first kappa shape index (κ1) is 17.7. The van der Waals surface area contributed by atoms with Gasteiger partial charge in [0.25, 0.3) is 0 Å². The topological polar surface area (TPSA) is 67.9 Å². The van der Waals surface area contributed by atoms with Crippen LogP contribution in [-0.4, -0.2) is 42.6 Å². The van der Waals surface area contributed by atoms with Gasteiger partial charge in [0, 0.05) is 31.1 Å². The van der Waals surface area contributed by atoms with Crippen LogP contribution in [0.4, 0.5) is 4.39 Å². The van der Waals surface area contributed by atoms with Crippen LogP contribution in [-0.2, 0) is 27.4 Å². The number of hydrogen-bond acceptors (Lipinski definition) is 4. The number of nitrogens with one attached hydrogen (secondary N) is 1. The molecule has 1 fully saturated rings. The summed E-state index contributed by atoms with van der Waals surface area (Å²) in [4.78, 5) is 25.9. The predicted molar refractivity (Wildman–Crippen MR) is 88.4 cm³/mol. The van der Waals surface area contributed by atoms with E-state index in [-0.39, 0.29) is 42.8 Å². The fraction of sp³-hybridized carbons (Fsp3) is 0.556. The Morgan fingerprint density at radius 3 is 2.96 bits per heavy atom. The van der Waals surface area contributed by atoms with E-state index in [0.717, 1.165) is 0 Å². The molecule has 2 aliphatic rings. The molecule has 1 N–H and O–H groups in total. The molecule has 2 aliphatic heterocycles. The van der Waals surface area contributed by atoms with E-state index in [0.29, 0.717) is 43.0 Å². The number of amides is 2. The summed E-state index contributed by atoms with van der Waals surface area (Å²) in [6.45, 7) is 5.17. The summed E-state index contributed by atoms with van der Waals surface area (Å²) < 4.78 is 24.3. The number of likely N-dealkylation sites (tertiary alicyclic amines) is 1. The third-order valence-electron chi connectivity index (χ3n) is 4.60. The van der Waals surface area contributed by atoms with E-state index in [1.165, 1.54) is 12.1 Å². The Bertz CT molecular complexity index is 677. The zero-order chi connectivity index (χ0) is 18.0. The number of ether oxygens (including phenoxy) is 2. The largest absolute Gasteiger partial charge is 0.467 e. The van der Waals surface area contributed by atoms with Gasteiger partial charge >= 0.3 is 0 Å². The van der Waals surface area contributed by atoms with Crippen molar-refractivity contribution in [2.45, 2.75) is 39.3 Å². The molecule has 1 aromatic carbocycles. The summed E-state index contributed by atoms with van der Waals surface area (Å²) in [5.74, 6) is -0.137. The maximum atomic E-state index is 13.7. The Morgan fingerprint density at radius 1 is 1.44 bits per heavy atom. The molecule has 0 aromatic heterocycles. The zero-order valence-electron chi connectivity index (χ0n) is 14.5. The van der Waals surface area contributed by atoms with Crippen molar-refractivity contribution in [2.24, 2.45) is 5.92 Å². The summed E-state index contributed by atoms with van der Waals surface area (Å²) in [6, 6.07) is 2.93. The highest BCUT2D eigenvalue weighted by atomic mass is 19.1. The van der Waals surface area contributed by atoms with Crippen molar-refractivity contribution in [1.82, 2.24) is 10.2 Å². The minimum absolute atomic E-state index is 0.0164. The molecule has 0 radical (unpaired) electrons.